The molecule has 0 unspecified atom stereocenters. The highest BCUT2D eigenvalue weighted by atomic mass is 35.5. The summed E-state index contributed by atoms with van der Waals surface area (Å²) in [4.78, 5) is 2.09. The number of hydrogen-bond donors (Lipinski definition) is 1. The number of rotatable bonds is 6. The molecule has 1 aromatic carbocycles. The third kappa shape index (κ3) is 4.17. The zero-order valence-corrected chi connectivity index (χ0v) is 13.6. The molecule has 7 heteroatoms. The molecular formula is C14H18Cl2N4O. The van der Waals surface area contributed by atoms with Gasteiger partial charge in [0.25, 0.3) is 0 Å². The lowest BCUT2D eigenvalue weighted by Crippen LogP contribution is -2.27. The molecule has 0 atom stereocenters. The van der Waals surface area contributed by atoms with Crippen LogP contribution in [0.25, 0.3) is 0 Å². The van der Waals surface area contributed by atoms with Crippen LogP contribution >= 0.6 is 23.2 Å². The molecule has 5 nitrogen and oxygen atoms in total. The Hall–Kier alpha value is -1.14. The van der Waals surface area contributed by atoms with Crippen molar-refractivity contribution in [3.63, 3.8) is 0 Å². The van der Waals surface area contributed by atoms with Crippen molar-refractivity contribution >= 4 is 23.2 Å². The van der Waals surface area contributed by atoms with E-state index in [1.54, 1.807) is 6.07 Å². The lowest BCUT2D eigenvalue weighted by Gasteiger charge is -2.21. The normalized spacial score (nSPS) is 11.3. The van der Waals surface area contributed by atoms with E-state index in [0.717, 1.165) is 17.2 Å². The van der Waals surface area contributed by atoms with Gasteiger partial charge in [-0.3, -0.25) is 4.90 Å². The SMILES string of the molecule is Cc1nnc(CN(CCO)Cc2ccc(Cl)c(Cl)c2)n1C. The lowest BCUT2D eigenvalue weighted by atomic mass is 10.2. The van der Waals surface area contributed by atoms with Crippen LogP contribution in [0.5, 0.6) is 0 Å². The van der Waals surface area contributed by atoms with E-state index in [1.807, 2.05) is 30.7 Å². The molecule has 1 N–H and O–H groups in total. The molecule has 2 rings (SSSR count). The number of aromatic nitrogens is 3. The van der Waals surface area contributed by atoms with E-state index in [1.165, 1.54) is 0 Å². The largest absolute Gasteiger partial charge is 0.395 e. The second kappa shape index (κ2) is 7.22. The Labute approximate surface area is 134 Å². The first-order chi connectivity index (χ1) is 10.0. The maximum atomic E-state index is 9.23. The zero-order chi connectivity index (χ0) is 15.4. The Morgan fingerprint density at radius 3 is 2.52 bits per heavy atom. The van der Waals surface area contributed by atoms with Gasteiger partial charge in [-0.2, -0.15) is 0 Å². The van der Waals surface area contributed by atoms with Crippen LogP contribution in [0, 0.1) is 6.92 Å². The topological polar surface area (TPSA) is 54.2 Å². The second-order valence-corrected chi connectivity index (χ2v) is 5.72. The Morgan fingerprint density at radius 1 is 1.19 bits per heavy atom. The maximum Gasteiger partial charge on any atom is 0.146 e. The molecule has 0 amide bonds. The summed E-state index contributed by atoms with van der Waals surface area (Å²) in [5.74, 6) is 1.73. The molecule has 0 spiro atoms. The fourth-order valence-corrected chi connectivity index (χ4v) is 2.36. The van der Waals surface area contributed by atoms with Crippen molar-refractivity contribution in [3.8, 4) is 0 Å². The standard InChI is InChI=1S/C14H18Cl2N4O/c1-10-17-18-14(19(10)2)9-20(5-6-21)8-11-3-4-12(15)13(16)7-11/h3-4,7,21H,5-6,8-9H2,1-2H3. The minimum Gasteiger partial charge on any atom is -0.395 e. The fourth-order valence-electron chi connectivity index (χ4n) is 2.04. The molecule has 2 aromatic rings. The van der Waals surface area contributed by atoms with Gasteiger partial charge in [0.05, 0.1) is 23.2 Å². The monoisotopic (exact) mass is 328 g/mol. The molecule has 1 aromatic heterocycles. The first kappa shape index (κ1) is 16.2. The highest BCUT2D eigenvalue weighted by molar-refractivity contribution is 6.42. The van der Waals surface area contributed by atoms with Crippen molar-refractivity contribution < 1.29 is 5.11 Å². The summed E-state index contributed by atoms with van der Waals surface area (Å²) >= 11 is 12.0. The highest BCUT2D eigenvalue weighted by Crippen LogP contribution is 2.23. The molecule has 1 heterocycles. The van der Waals surface area contributed by atoms with Gasteiger partial charge in [0.15, 0.2) is 0 Å². The van der Waals surface area contributed by atoms with Gasteiger partial charge in [0.2, 0.25) is 0 Å². The van der Waals surface area contributed by atoms with Gasteiger partial charge in [0, 0.05) is 20.1 Å². The van der Waals surface area contributed by atoms with Gasteiger partial charge < -0.3 is 9.67 Å². The van der Waals surface area contributed by atoms with Gasteiger partial charge in [-0.05, 0) is 24.6 Å². The first-order valence-corrected chi connectivity index (χ1v) is 7.39. The van der Waals surface area contributed by atoms with Gasteiger partial charge in [-0.15, -0.1) is 10.2 Å². The van der Waals surface area contributed by atoms with E-state index in [2.05, 4.69) is 15.1 Å². The van der Waals surface area contributed by atoms with Crippen LogP contribution in [0.1, 0.15) is 17.2 Å². The van der Waals surface area contributed by atoms with Crippen molar-refractivity contribution in [1.82, 2.24) is 19.7 Å². The highest BCUT2D eigenvalue weighted by Gasteiger charge is 2.12. The predicted octanol–water partition coefficient (Wildman–Crippen LogP) is 2.42. The van der Waals surface area contributed by atoms with E-state index < -0.39 is 0 Å². The third-order valence-electron chi connectivity index (χ3n) is 3.35. The minimum absolute atomic E-state index is 0.0815. The zero-order valence-electron chi connectivity index (χ0n) is 12.1. The Kier molecular flexibility index (Phi) is 5.58. The van der Waals surface area contributed by atoms with Crippen LogP contribution in [0.15, 0.2) is 18.2 Å². The minimum atomic E-state index is 0.0815. The van der Waals surface area contributed by atoms with Crippen LogP contribution in [0.3, 0.4) is 0 Å². The molecule has 0 aliphatic rings. The summed E-state index contributed by atoms with van der Waals surface area (Å²) in [5, 5.41) is 18.5. The average molecular weight is 329 g/mol. The van der Waals surface area contributed by atoms with Crippen molar-refractivity contribution in [1.29, 1.82) is 0 Å². The summed E-state index contributed by atoms with van der Waals surface area (Å²) in [5.41, 5.74) is 1.04. The Morgan fingerprint density at radius 2 is 1.95 bits per heavy atom. The van der Waals surface area contributed by atoms with Crippen molar-refractivity contribution in [3.05, 3.63) is 45.5 Å². The molecule has 21 heavy (non-hydrogen) atoms. The van der Waals surface area contributed by atoms with Crippen LogP contribution in [-0.2, 0) is 20.1 Å². The van der Waals surface area contributed by atoms with Gasteiger partial charge in [0.1, 0.15) is 11.6 Å². The number of aryl methyl sites for hydroxylation is 1. The smallest absolute Gasteiger partial charge is 0.146 e. The lowest BCUT2D eigenvalue weighted by molar-refractivity contribution is 0.180. The molecule has 0 aliphatic heterocycles. The van der Waals surface area contributed by atoms with E-state index in [-0.39, 0.29) is 6.61 Å². The second-order valence-electron chi connectivity index (χ2n) is 4.91. The Bertz CT molecular complexity index is 615. The summed E-state index contributed by atoms with van der Waals surface area (Å²) in [7, 11) is 1.93. The number of aliphatic hydroxyl groups is 1. The van der Waals surface area contributed by atoms with Gasteiger partial charge >= 0.3 is 0 Å². The van der Waals surface area contributed by atoms with E-state index >= 15 is 0 Å². The van der Waals surface area contributed by atoms with Gasteiger partial charge in [-0.25, -0.2) is 0 Å². The van der Waals surface area contributed by atoms with E-state index in [4.69, 9.17) is 23.2 Å². The number of halogens is 2. The Balaban J connectivity index is 2.11. The first-order valence-electron chi connectivity index (χ1n) is 6.63. The fraction of sp³-hybridized carbons (Fsp3) is 0.429. The number of nitrogens with zero attached hydrogens (tertiary/aromatic N) is 4. The van der Waals surface area contributed by atoms with Crippen molar-refractivity contribution in [2.24, 2.45) is 7.05 Å². The number of benzene rings is 1. The summed E-state index contributed by atoms with van der Waals surface area (Å²) in [6.45, 7) is 3.80. The molecule has 0 saturated heterocycles. The van der Waals surface area contributed by atoms with Crippen LogP contribution in [0.4, 0.5) is 0 Å². The third-order valence-corrected chi connectivity index (χ3v) is 4.09. The van der Waals surface area contributed by atoms with Crippen LogP contribution in [-0.4, -0.2) is 37.9 Å². The van der Waals surface area contributed by atoms with Gasteiger partial charge in [-0.1, -0.05) is 29.3 Å². The molecule has 114 valence electrons. The van der Waals surface area contributed by atoms with Crippen molar-refractivity contribution in [2.45, 2.75) is 20.0 Å². The van der Waals surface area contributed by atoms with Crippen molar-refractivity contribution in [2.75, 3.05) is 13.2 Å². The maximum absolute atomic E-state index is 9.23. The molecule has 0 radical (unpaired) electrons. The quantitative estimate of drug-likeness (QED) is 0.884. The summed E-state index contributed by atoms with van der Waals surface area (Å²) < 4.78 is 1.94. The summed E-state index contributed by atoms with van der Waals surface area (Å²) in [6.07, 6.45) is 0. The number of hydrogen-bond acceptors (Lipinski definition) is 4. The van der Waals surface area contributed by atoms with E-state index in [9.17, 15) is 5.11 Å². The molecule has 0 fully saturated rings. The molecule has 0 bridgehead atoms. The molecule has 0 saturated carbocycles. The van der Waals surface area contributed by atoms with Crippen LogP contribution in [0.2, 0.25) is 10.0 Å². The van der Waals surface area contributed by atoms with E-state index in [0.29, 0.717) is 29.7 Å². The number of aliphatic hydroxyl groups excluding tert-OH is 1. The summed E-state index contributed by atoms with van der Waals surface area (Å²) in [6, 6.07) is 5.56. The molecular weight excluding hydrogens is 311 g/mol. The predicted molar refractivity (Wildman–Crippen MR) is 83.4 cm³/mol. The van der Waals surface area contributed by atoms with Crippen LogP contribution < -0.4 is 0 Å². The average Bonchev–Trinajstić information content (AvgIpc) is 2.75. The molecule has 0 aliphatic carbocycles.